The smallest absolute Gasteiger partial charge is 0.324 e. The molecule has 46 heavy (non-hydrogen) atoms. The quantitative estimate of drug-likeness (QED) is 0.156. The number of aryl methyl sites for hydroxylation is 1. The van der Waals surface area contributed by atoms with E-state index in [0.29, 0.717) is 23.1 Å². The Morgan fingerprint density at radius 1 is 0.913 bits per heavy atom. The maximum absolute atomic E-state index is 13.3. The van der Waals surface area contributed by atoms with E-state index in [9.17, 15) is 13.8 Å². The first kappa shape index (κ1) is 33.9. The molecule has 10 nitrogen and oxygen atoms in total. The van der Waals surface area contributed by atoms with Crippen LogP contribution in [0.2, 0.25) is 0 Å². The molecule has 0 aliphatic rings. The zero-order valence-corrected chi connectivity index (χ0v) is 26.7. The van der Waals surface area contributed by atoms with Crippen molar-refractivity contribution in [3.8, 4) is 11.4 Å². The number of aromatic nitrogens is 3. The van der Waals surface area contributed by atoms with Crippen molar-refractivity contribution in [1.82, 2.24) is 14.8 Å². The number of carbonyl (C=O) groups is 2. The number of ether oxygens (including phenoxy) is 1. The molecule has 5 rings (SSSR count). The summed E-state index contributed by atoms with van der Waals surface area (Å²) in [5.41, 5.74) is 4.04. The summed E-state index contributed by atoms with van der Waals surface area (Å²) in [7, 11) is -1.24. The third-order valence-corrected chi connectivity index (χ3v) is 7.62. The lowest BCUT2D eigenvalue weighted by molar-refractivity contribution is -0.113. The zero-order chi connectivity index (χ0) is 32.1. The van der Waals surface area contributed by atoms with Gasteiger partial charge >= 0.3 is 6.03 Å². The van der Waals surface area contributed by atoms with Gasteiger partial charge in [0.1, 0.15) is 29.7 Å². The molecule has 0 saturated heterocycles. The van der Waals surface area contributed by atoms with E-state index in [2.05, 4.69) is 41.7 Å². The van der Waals surface area contributed by atoms with Crippen LogP contribution in [-0.4, -0.2) is 42.9 Å². The highest BCUT2D eigenvalue weighted by Crippen LogP contribution is 2.33. The number of urea groups is 1. The Balaban J connectivity index is 0.00000480. The van der Waals surface area contributed by atoms with Crippen LogP contribution in [0.3, 0.4) is 0 Å². The van der Waals surface area contributed by atoms with Crippen LogP contribution < -0.4 is 20.7 Å². The van der Waals surface area contributed by atoms with Crippen molar-refractivity contribution >= 4 is 50.8 Å². The van der Waals surface area contributed by atoms with Gasteiger partial charge in [0.25, 0.3) is 0 Å². The van der Waals surface area contributed by atoms with Crippen LogP contribution in [0.5, 0.6) is 5.75 Å². The number of nitrogens with one attached hydrogen (secondary N) is 3. The summed E-state index contributed by atoms with van der Waals surface area (Å²) in [6, 6.07) is 24.2. The van der Waals surface area contributed by atoms with Gasteiger partial charge in [0.15, 0.2) is 0 Å². The van der Waals surface area contributed by atoms with Crippen LogP contribution in [0.1, 0.15) is 45.0 Å². The summed E-state index contributed by atoms with van der Waals surface area (Å²) in [6.45, 7) is 8.49. The van der Waals surface area contributed by atoms with Crippen molar-refractivity contribution in [1.29, 1.82) is 0 Å². The minimum absolute atomic E-state index is 0. The topological polar surface area (TPSA) is 127 Å². The number of benzene rings is 3. The maximum atomic E-state index is 13.3. The summed E-state index contributed by atoms with van der Waals surface area (Å²) in [5.74, 6) is 1.09. The lowest BCUT2D eigenvalue weighted by Gasteiger charge is -2.15. The summed E-state index contributed by atoms with van der Waals surface area (Å²) in [5, 5.41) is 15.1. The molecule has 11 heteroatoms. The van der Waals surface area contributed by atoms with Gasteiger partial charge in [-0.3, -0.25) is 14.3 Å². The minimum atomic E-state index is -1.24. The van der Waals surface area contributed by atoms with Gasteiger partial charge < -0.3 is 15.4 Å². The van der Waals surface area contributed by atoms with E-state index in [0.717, 1.165) is 33.3 Å². The molecule has 0 aliphatic heterocycles. The minimum Gasteiger partial charge on any atom is -0.488 e. The van der Waals surface area contributed by atoms with Crippen LogP contribution >= 0.6 is 0 Å². The van der Waals surface area contributed by atoms with Crippen molar-refractivity contribution < 1.29 is 18.5 Å². The van der Waals surface area contributed by atoms with Crippen molar-refractivity contribution in [3.05, 3.63) is 102 Å². The van der Waals surface area contributed by atoms with Gasteiger partial charge in [0.2, 0.25) is 5.91 Å². The van der Waals surface area contributed by atoms with E-state index in [1.807, 2.05) is 67.6 Å². The molecule has 0 saturated carbocycles. The van der Waals surface area contributed by atoms with Gasteiger partial charge in [-0.2, -0.15) is 5.10 Å². The first-order valence-corrected chi connectivity index (χ1v) is 16.1. The molecule has 3 aromatic carbocycles. The van der Waals surface area contributed by atoms with Crippen molar-refractivity contribution in [2.24, 2.45) is 0 Å². The number of anilines is 3. The van der Waals surface area contributed by atoms with E-state index in [-0.39, 0.29) is 31.1 Å². The Bertz CT molecular complexity index is 1880. The Hall–Kier alpha value is -5.03. The van der Waals surface area contributed by atoms with Crippen molar-refractivity contribution in [3.63, 3.8) is 0 Å². The van der Waals surface area contributed by atoms with Gasteiger partial charge in [-0.25, -0.2) is 14.5 Å². The second-order valence-electron chi connectivity index (χ2n) is 11.8. The summed E-state index contributed by atoms with van der Waals surface area (Å²) < 4.78 is 19.2. The molecule has 3 N–H and O–H groups in total. The van der Waals surface area contributed by atoms with E-state index in [1.54, 1.807) is 29.1 Å². The Morgan fingerprint density at radius 2 is 1.63 bits per heavy atom. The van der Waals surface area contributed by atoms with E-state index < -0.39 is 16.8 Å². The Morgan fingerprint density at radius 3 is 2.33 bits per heavy atom. The average molecular weight is 641 g/mol. The lowest BCUT2D eigenvalue weighted by atomic mass is 9.92. The van der Waals surface area contributed by atoms with E-state index >= 15 is 0 Å². The predicted molar refractivity (Wildman–Crippen MR) is 186 cm³/mol. The van der Waals surface area contributed by atoms with Crippen LogP contribution in [0.25, 0.3) is 16.5 Å². The first-order chi connectivity index (χ1) is 21.5. The third-order valence-electron chi connectivity index (χ3n) is 6.95. The predicted octanol–water partition coefficient (Wildman–Crippen LogP) is 7.20. The molecule has 0 fully saturated rings. The van der Waals surface area contributed by atoms with E-state index in [1.165, 1.54) is 6.26 Å². The molecule has 2 heterocycles. The van der Waals surface area contributed by atoms with Crippen LogP contribution in [0.4, 0.5) is 22.1 Å². The van der Waals surface area contributed by atoms with Gasteiger partial charge in [0, 0.05) is 45.5 Å². The number of fused-ring (bicyclic) bond motifs is 1. The number of amides is 3. The molecule has 3 amide bonds. The molecular formula is C35H40N6O4S. The molecule has 2 aromatic heterocycles. The van der Waals surface area contributed by atoms with E-state index in [4.69, 9.17) is 9.84 Å². The number of rotatable bonds is 9. The second-order valence-corrected chi connectivity index (χ2v) is 13.2. The lowest BCUT2D eigenvalue weighted by Crippen LogP contribution is -2.21. The fourth-order valence-electron chi connectivity index (χ4n) is 4.65. The monoisotopic (exact) mass is 640 g/mol. The highest BCUT2D eigenvalue weighted by Gasteiger charge is 2.22. The molecule has 5 aromatic rings. The van der Waals surface area contributed by atoms with Gasteiger partial charge in [0.05, 0.1) is 17.1 Å². The SMILES string of the molecule is C.Cc1ccc(-n2nc(C(C)(C)C)cc2NC(=O)Nc2ccc(OCc3ccnc(NC(=O)CS(C)=O)c3)c3ccccc23)cc1. The molecule has 1 atom stereocenters. The molecule has 0 radical (unpaired) electrons. The van der Waals surface area contributed by atoms with Crippen LogP contribution in [-0.2, 0) is 27.6 Å². The number of hydrogen-bond acceptors (Lipinski definition) is 6. The highest BCUT2D eigenvalue weighted by atomic mass is 32.2. The number of carbonyl (C=O) groups excluding carboxylic acids is 2. The average Bonchev–Trinajstić information content (AvgIpc) is 3.41. The summed E-state index contributed by atoms with van der Waals surface area (Å²) >= 11 is 0. The second kappa shape index (κ2) is 14.4. The van der Waals surface area contributed by atoms with Crippen LogP contribution in [0, 0.1) is 6.92 Å². The normalized spacial score (nSPS) is 11.8. The van der Waals surface area contributed by atoms with Crippen molar-refractivity contribution in [2.45, 2.75) is 47.1 Å². The molecule has 1 unspecified atom stereocenters. The number of pyridine rings is 1. The zero-order valence-electron chi connectivity index (χ0n) is 25.9. The largest absolute Gasteiger partial charge is 0.488 e. The fourth-order valence-corrected chi connectivity index (χ4v) is 5.09. The third kappa shape index (κ3) is 8.36. The highest BCUT2D eigenvalue weighted by molar-refractivity contribution is 7.85. The van der Waals surface area contributed by atoms with Gasteiger partial charge in [-0.1, -0.05) is 70.2 Å². The van der Waals surface area contributed by atoms with Gasteiger partial charge in [-0.15, -0.1) is 0 Å². The standard InChI is InChI=1S/C34H36N6O4S.CH4/c1-22-10-12-24(13-11-22)40-31(19-29(39-40)34(2,3)4)38-33(42)36-27-14-15-28(26-9-7-6-8-25(26)27)44-20-23-16-17-35-30(18-23)37-32(41)21-45(5)43;/h6-19H,20-21H2,1-5H3,(H,35,37,41)(H2,36,38,42);1H4. The van der Waals surface area contributed by atoms with Crippen molar-refractivity contribution in [2.75, 3.05) is 28.0 Å². The molecule has 0 aliphatic carbocycles. The first-order valence-electron chi connectivity index (χ1n) is 14.4. The van der Waals surface area contributed by atoms with Gasteiger partial charge in [-0.05, 0) is 48.9 Å². The molecule has 240 valence electrons. The number of hydrogen-bond donors (Lipinski definition) is 3. The fraction of sp³-hybridized carbons (Fsp3) is 0.257. The molecular weight excluding hydrogens is 600 g/mol. The molecule has 0 bridgehead atoms. The summed E-state index contributed by atoms with van der Waals surface area (Å²) in [4.78, 5) is 29.5. The number of nitrogens with zero attached hydrogens (tertiary/aromatic N) is 3. The Labute approximate surface area is 272 Å². The summed E-state index contributed by atoms with van der Waals surface area (Å²) in [6.07, 6.45) is 3.05. The molecule has 0 spiro atoms. The Kier molecular flexibility index (Phi) is 10.6. The maximum Gasteiger partial charge on any atom is 0.324 e. The van der Waals surface area contributed by atoms with Crippen LogP contribution in [0.15, 0.2) is 85.1 Å².